The Morgan fingerprint density at radius 1 is 0.867 bits per heavy atom. The summed E-state index contributed by atoms with van der Waals surface area (Å²) in [4.78, 5) is 12.5. The summed E-state index contributed by atoms with van der Waals surface area (Å²) in [6, 6.07) is 20.2. The van der Waals surface area contributed by atoms with Crippen molar-refractivity contribution in [3.63, 3.8) is 0 Å². The molecule has 0 aliphatic rings. The molecular formula is C24H26N2O3S. The maximum atomic E-state index is 12.5. The largest absolute Gasteiger partial charge is 0.322 e. The third-order valence-electron chi connectivity index (χ3n) is 5.03. The lowest BCUT2D eigenvalue weighted by atomic mass is 10.1. The van der Waals surface area contributed by atoms with Gasteiger partial charge in [0.1, 0.15) is 0 Å². The minimum absolute atomic E-state index is 0.196. The Labute approximate surface area is 178 Å². The second kappa shape index (κ2) is 8.71. The quantitative estimate of drug-likeness (QED) is 0.619. The van der Waals surface area contributed by atoms with Crippen LogP contribution in [0.2, 0.25) is 0 Å². The normalized spacial score (nSPS) is 11.2. The molecule has 0 saturated heterocycles. The highest BCUT2D eigenvalue weighted by atomic mass is 32.2. The Kier molecular flexibility index (Phi) is 6.27. The number of carbonyl (C=O) groups excluding carboxylic acids is 1. The fourth-order valence-corrected chi connectivity index (χ4v) is 3.93. The fraction of sp³-hybridized carbons (Fsp3) is 0.208. The molecule has 0 radical (unpaired) electrons. The van der Waals surface area contributed by atoms with Gasteiger partial charge in [0.05, 0.1) is 18.5 Å². The van der Waals surface area contributed by atoms with Gasteiger partial charge in [-0.1, -0.05) is 35.9 Å². The molecule has 0 unspecified atom stereocenters. The van der Waals surface area contributed by atoms with Crippen LogP contribution in [0.15, 0.2) is 66.7 Å². The number of hydrogen-bond donors (Lipinski definition) is 1. The zero-order valence-electron chi connectivity index (χ0n) is 17.6. The molecule has 0 aromatic heterocycles. The summed E-state index contributed by atoms with van der Waals surface area (Å²) in [6.07, 6.45) is 1.20. The van der Waals surface area contributed by atoms with Gasteiger partial charge in [-0.05, 0) is 73.9 Å². The standard InChI is InChI=1S/C24H26N2O3S/c1-17-5-12-22(13-6-17)25-24(27)21-10-8-20(9-11-21)16-26(30(4,28)29)23-14-7-18(2)19(3)15-23/h5-15H,16H2,1-4H3,(H,25,27). The van der Waals surface area contributed by atoms with Gasteiger partial charge in [-0.2, -0.15) is 0 Å². The number of anilines is 2. The van der Waals surface area contributed by atoms with E-state index in [1.54, 1.807) is 24.3 Å². The maximum absolute atomic E-state index is 12.5. The second-order valence-electron chi connectivity index (χ2n) is 7.56. The average molecular weight is 423 g/mol. The Hall–Kier alpha value is -3.12. The predicted molar refractivity (Wildman–Crippen MR) is 123 cm³/mol. The van der Waals surface area contributed by atoms with Gasteiger partial charge in [0.2, 0.25) is 10.0 Å². The van der Waals surface area contributed by atoms with E-state index in [-0.39, 0.29) is 12.5 Å². The van der Waals surface area contributed by atoms with Crippen LogP contribution in [0.5, 0.6) is 0 Å². The minimum Gasteiger partial charge on any atom is -0.322 e. The van der Waals surface area contributed by atoms with E-state index in [4.69, 9.17) is 0 Å². The SMILES string of the molecule is Cc1ccc(NC(=O)c2ccc(CN(c3ccc(C)c(C)c3)S(C)(=O)=O)cc2)cc1. The van der Waals surface area contributed by atoms with Crippen molar-refractivity contribution >= 4 is 27.3 Å². The van der Waals surface area contributed by atoms with Gasteiger partial charge in [-0.15, -0.1) is 0 Å². The van der Waals surface area contributed by atoms with Crippen LogP contribution in [0.1, 0.15) is 32.6 Å². The molecule has 156 valence electrons. The number of sulfonamides is 1. The van der Waals surface area contributed by atoms with Crippen LogP contribution in [0.25, 0.3) is 0 Å². The van der Waals surface area contributed by atoms with E-state index >= 15 is 0 Å². The average Bonchev–Trinajstić information content (AvgIpc) is 2.69. The van der Waals surface area contributed by atoms with Crippen LogP contribution < -0.4 is 9.62 Å². The number of carbonyl (C=O) groups is 1. The molecule has 5 nitrogen and oxygen atoms in total. The first-order chi connectivity index (χ1) is 14.1. The number of aryl methyl sites for hydroxylation is 3. The van der Waals surface area contributed by atoms with Crippen LogP contribution in [0, 0.1) is 20.8 Å². The number of benzene rings is 3. The van der Waals surface area contributed by atoms with Crippen LogP contribution in [-0.2, 0) is 16.6 Å². The summed E-state index contributed by atoms with van der Waals surface area (Å²) < 4.78 is 26.2. The summed E-state index contributed by atoms with van der Waals surface area (Å²) in [5.74, 6) is -0.209. The molecule has 3 rings (SSSR count). The number of nitrogens with one attached hydrogen (secondary N) is 1. The van der Waals surface area contributed by atoms with Crippen LogP contribution >= 0.6 is 0 Å². The van der Waals surface area contributed by atoms with Crippen LogP contribution in [0.4, 0.5) is 11.4 Å². The van der Waals surface area contributed by atoms with Crippen molar-refractivity contribution in [1.82, 2.24) is 0 Å². The van der Waals surface area contributed by atoms with E-state index in [0.717, 1.165) is 27.9 Å². The lowest BCUT2D eigenvalue weighted by molar-refractivity contribution is 0.102. The first kappa shape index (κ1) is 21.6. The lowest BCUT2D eigenvalue weighted by Gasteiger charge is -2.23. The zero-order chi connectivity index (χ0) is 21.9. The second-order valence-corrected chi connectivity index (χ2v) is 9.46. The van der Waals surface area contributed by atoms with Crippen molar-refractivity contribution in [2.24, 2.45) is 0 Å². The smallest absolute Gasteiger partial charge is 0.255 e. The minimum atomic E-state index is -3.46. The van der Waals surface area contributed by atoms with Crippen molar-refractivity contribution in [1.29, 1.82) is 0 Å². The molecule has 0 saturated carbocycles. The highest BCUT2D eigenvalue weighted by Gasteiger charge is 2.18. The van der Waals surface area contributed by atoms with Crippen molar-refractivity contribution < 1.29 is 13.2 Å². The van der Waals surface area contributed by atoms with Gasteiger partial charge in [-0.25, -0.2) is 8.42 Å². The molecule has 6 heteroatoms. The molecule has 0 aliphatic heterocycles. The van der Waals surface area contributed by atoms with Crippen molar-refractivity contribution in [2.45, 2.75) is 27.3 Å². The monoisotopic (exact) mass is 422 g/mol. The molecule has 30 heavy (non-hydrogen) atoms. The summed E-state index contributed by atoms with van der Waals surface area (Å²) in [5.41, 5.74) is 5.92. The van der Waals surface area contributed by atoms with Crippen LogP contribution in [0.3, 0.4) is 0 Å². The highest BCUT2D eigenvalue weighted by molar-refractivity contribution is 7.92. The van der Waals surface area contributed by atoms with E-state index in [9.17, 15) is 13.2 Å². The zero-order valence-corrected chi connectivity index (χ0v) is 18.5. The van der Waals surface area contributed by atoms with Crippen molar-refractivity contribution in [3.8, 4) is 0 Å². The number of hydrogen-bond acceptors (Lipinski definition) is 3. The summed E-state index contributed by atoms with van der Waals surface area (Å²) in [7, 11) is -3.46. The molecule has 0 fully saturated rings. The fourth-order valence-electron chi connectivity index (χ4n) is 3.05. The van der Waals surface area contributed by atoms with E-state index in [2.05, 4.69) is 5.32 Å². The third kappa shape index (κ3) is 5.27. The van der Waals surface area contributed by atoms with Gasteiger partial charge in [0.15, 0.2) is 0 Å². The van der Waals surface area contributed by atoms with Gasteiger partial charge < -0.3 is 5.32 Å². The van der Waals surface area contributed by atoms with Gasteiger partial charge in [0, 0.05) is 11.3 Å². The van der Waals surface area contributed by atoms with E-state index in [0.29, 0.717) is 11.3 Å². The predicted octanol–water partition coefficient (Wildman–Crippen LogP) is 4.83. The highest BCUT2D eigenvalue weighted by Crippen LogP contribution is 2.23. The first-order valence-electron chi connectivity index (χ1n) is 9.65. The summed E-state index contributed by atoms with van der Waals surface area (Å²) in [5, 5.41) is 2.86. The molecule has 3 aromatic rings. The van der Waals surface area contributed by atoms with E-state index in [1.165, 1.54) is 10.6 Å². The lowest BCUT2D eigenvalue weighted by Crippen LogP contribution is -2.29. The summed E-state index contributed by atoms with van der Waals surface area (Å²) >= 11 is 0. The van der Waals surface area contributed by atoms with Gasteiger partial charge in [-0.3, -0.25) is 9.10 Å². The number of nitrogens with zero attached hydrogens (tertiary/aromatic N) is 1. The molecule has 1 N–H and O–H groups in total. The number of rotatable bonds is 6. The Morgan fingerprint density at radius 2 is 1.50 bits per heavy atom. The third-order valence-corrected chi connectivity index (χ3v) is 6.17. The molecule has 0 heterocycles. The Bertz CT molecular complexity index is 1150. The first-order valence-corrected chi connectivity index (χ1v) is 11.5. The summed E-state index contributed by atoms with van der Waals surface area (Å²) in [6.45, 7) is 6.13. The molecule has 3 aromatic carbocycles. The maximum Gasteiger partial charge on any atom is 0.255 e. The topological polar surface area (TPSA) is 66.5 Å². The molecule has 0 atom stereocenters. The van der Waals surface area contributed by atoms with Crippen molar-refractivity contribution in [3.05, 3.63) is 94.5 Å². The van der Waals surface area contributed by atoms with Gasteiger partial charge in [0.25, 0.3) is 5.91 Å². The molecule has 0 spiro atoms. The van der Waals surface area contributed by atoms with Crippen molar-refractivity contribution in [2.75, 3.05) is 15.9 Å². The molecular weight excluding hydrogens is 396 g/mol. The van der Waals surface area contributed by atoms with Crippen LogP contribution in [-0.4, -0.2) is 20.6 Å². The number of amides is 1. The van der Waals surface area contributed by atoms with E-state index in [1.807, 2.05) is 63.2 Å². The Balaban J connectivity index is 1.77. The Morgan fingerprint density at radius 3 is 2.07 bits per heavy atom. The molecule has 1 amide bonds. The van der Waals surface area contributed by atoms with E-state index < -0.39 is 10.0 Å². The molecule has 0 aliphatic carbocycles. The molecule has 0 bridgehead atoms. The van der Waals surface area contributed by atoms with Gasteiger partial charge >= 0.3 is 0 Å².